The molecular formula is C6H14O5S. The van der Waals surface area contributed by atoms with Gasteiger partial charge in [-0.15, -0.1) is 0 Å². The molecule has 2 N–H and O–H groups in total. The van der Waals surface area contributed by atoms with Gasteiger partial charge in [0, 0.05) is 0 Å². The van der Waals surface area contributed by atoms with Crippen LogP contribution in [0.4, 0.5) is 0 Å². The molecule has 0 rings (SSSR count). The molecule has 1 atom stereocenters. The molecule has 0 aromatic heterocycles. The summed E-state index contributed by atoms with van der Waals surface area (Å²) in [5.74, 6) is 0. The van der Waals surface area contributed by atoms with Crippen LogP contribution in [0, 0.1) is 0 Å². The zero-order valence-corrected chi connectivity index (χ0v) is 7.75. The van der Waals surface area contributed by atoms with Crippen molar-refractivity contribution < 1.29 is 22.3 Å². The van der Waals surface area contributed by atoms with Crippen molar-refractivity contribution in [1.29, 1.82) is 0 Å². The highest BCUT2D eigenvalue weighted by Gasteiger charge is 2.09. The van der Waals surface area contributed by atoms with E-state index in [1.807, 2.05) is 6.92 Å². The van der Waals surface area contributed by atoms with E-state index in [9.17, 15) is 8.42 Å². The fraction of sp³-hybridized carbons (Fsp3) is 1.00. The van der Waals surface area contributed by atoms with Crippen LogP contribution < -0.4 is 0 Å². The third-order valence-corrected chi connectivity index (χ3v) is 1.73. The fourth-order valence-corrected chi connectivity index (χ4v) is 1.02. The van der Waals surface area contributed by atoms with Crippen molar-refractivity contribution in [2.45, 2.75) is 32.3 Å². The standard InChI is InChI=1S/C6H14O5S/c1-2-3-4-6(7)5-11-12(8,9)10/h6-7H,2-5H2,1H3,(H,8,9,10). The molecule has 0 spiro atoms. The normalized spacial score (nSPS) is 14.6. The second-order valence-corrected chi connectivity index (χ2v) is 3.60. The van der Waals surface area contributed by atoms with Gasteiger partial charge in [0.25, 0.3) is 0 Å². The molecule has 1 unspecified atom stereocenters. The van der Waals surface area contributed by atoms with Gasteiger partial charge in [0.15, 0.2) is 0 Å². The molecule has 0 aromatic carbocycles. The van der Waals surface area contributed by atoms with Crippen LogP contribution in [0.1, 0.15) is 26.2 Å². The Hall–Kier alpha value is -0.170. The van der Waals surface area contributed by atoms with Crippen molar-refractivity contribution >= 4 is 10.4 Å². The molecule has 12 heavy (non-hydrogen) atoms. The van der Waals surface area contributed by atoms with Gasteiger partial charge in [-0.05, 0) is 6.42 Å². The molecule has 74 valence electrons. The van der Waals surface area contributed by atoms with E-state index in [1.165, 1.54) is 0 Å². The summed E-state index contributed by atoms with van der Waals surface area (Å²) < 4.78 is 32.2. The third-order valence-electron chi connectivity index (χ3n) is 1.30. The summed E-state index contributed by atoms with van der Waals surface area (Å²) in [6.07, 6.45) is 1.37. The Labute approximate surface area is 72.3 Å². The maximum Gasteiger partial charge on any atom is 0.397 e. The van der Waals surface area contributed by atoms with Gasteiger partial charge >= 0.3 is 10.4 Å². The monoisotopic (exact) mass is 198 g/mol. The molecule has 0 fully saturated rings. The van der Waals surface area contributed by atoms with Crippen molar-refractivity contribution in [2.24, 2.45) is 0 Å². The van der Waals surface area contributed by atoms with Crippen molar-refractivity contribution in [2.75, 3.05) is 6.61 Å². The highest BCUT2D eigenvalue weighted by Crippen LogP contribution is 2.01. The van der Waals surface area contributed by atoms with Crippen LogP contribution in [0.3, 0.4) is 0 Å². The van der Waals surface area contributed by atoms with Crippen molar-refractivity contribution in [3.05, 3.63) is 0 Å². The van der Waals surface area contributed by atoms with Crippen molar-refractivity contribution in [3.8, 4) is 0 Å². The maximum atomic E-state index is 10.0. The fourth-order valence-electron chi connectivity index (χ4n) is 0.688. The maximum absolute atomic E-state index is 10.0. The molecule has 0 aromatic rings. The van der Waals surface area contributed by atoms with Gasteiger partial charge in [0.05, 0.1) is 12.7 Å². The van der Waals surface area contributed by atoms with Gasteiger partial charge in [-0.2, -0.15) is 8.42 Å². The van der Waals surface area contributed by atoms with Gasteiger partial charge in [-0.25, -0.2) is 4.18 Å². The van der Waals surface area contributed by atoms with Crippen LogP contribution in [0.5, 0.6) is 0 Å². The second kappa shape index (κ2) is 5.47. The van der Waals surface area contributed by atoms with Gasteiger partial charge in [0.1, 0.15) is 0 Å². The predicted octanol–water partition coefficient (Wildman–Crippen LogP) is 0.357. The summed E-state index contributed by atoms with van der Waals surface area (Å²) in [5, 5.41) is 9.04. The van der Waals surface area contributed by atoms with E-state index >= 15 is 0 Å². The van der Waals surface area contributed by atoms with Gasteiger partial charge in [-0.1, -0.05) is 19.8 Å². The minimum Gasteiger partial charge on any atom is -0.391 e. The number of unbranched alkanes of at least 4 members (excludes halogenated alkanes) is 1. The molecule has 0 bridgehead atoms. The smallest absolute Gasteiger partial charge is 0.391 e. The average Bonchev–Trinajstić information content (AvgIpc) is 1.95. The largest absolute Gasteiger partial charge is 0.397 e. The molecule has 0 aliphatic rings. The van der Waals surface area contributed by atoms with Crippen LogP contribution in [0.15, 0.2) is 0 Å². The van der Waals surface area contributed by atoms with Crippen molar-refractivity contribution in [1.82, 2.24) is 0 Å². The summed E-state index contributed by atoms with van der Waals surface area (Å²) >= 11 is 0. The molecule has 5 nitrogen and oxygen atoms in total. The van der Waals surface area contributed by atoms with Gasteiger partial charge < -0.3 is 5.11 Å². The highest BCUT2D eigenvalue weighted by atomic mass is 32.3. The summed E-state index contributed by atoms with van der Waals surface area (Å²) in [6.45, 7) is 1.58. The first-order chi connectivity index (χ1) is 5.45. The van der Waals surface area contributed by atoms with Crippen molar-refractivity contribution in [3.63, 3.8) is 0 Å². The molecule has 0 saturated carbocycles. The summed E-state index contributed by atoms with van der Waals surface area (Å²) in [7, 11) is -4.40. The van der Waals surface area contributed by atoms with Crippen LogP contribution in [0.25, 0.3) is 0 Å². The Morgan fingerprint density at radius 1 is 1.50 bits per heavy atom. The van der Waals surface area contributed by atoms with E-state index in [1.54, 1.807) is 0 Å². The van der Waals surface area contributed by atoms with Gasteiger partial charge in [-0.3, -0.25) is 4.55 Å². The Balaban J connectivity index is 3.51. The number of hydrogen-bond acceptors (Lipinski definition) is 4. The molecule has 6 heteroatoms. The Morgan fingerprint density at radius 3 is 2.50 bits per heavy atom. The van der Waals surface area contributed by atoms with Crippen LogP contribution in [0.2, 0.25) is 0 Å². The first-order valence-corrected chi connectivity index (χ1v) is 5.12. The Bertz CT molecular complexity index is 198. The van der Waals surface area contributed by atoms with Crippen LogP contribution >= 0.6 is 0 Å². The van der Waals surface area contributed by atoms with Crippen LogP contribution in [-0.2, 0) is 14.6 Å². The summed E-state index contributed by atoms with van der Waals surface area (Å²) in [4.78, 5) is 0. The Kier molecular flexibility index (Phi) is 5.39. The van der Waals surface area contributed by atoms with Crippen LogP contribution in [-0.4, -0.2) is 30.8 Å². The highest BCUT2D eigenvalue weighted by molar-refractivity contribution is 7.80. The predicted molar refractivity (Wildman–Crippen MR) is 43.0 cm³/mol. The van der Waals surface area contributed by atoms with E-state index in [4.69, 9.17) is 9.66 Å². The second-order valence-electron chi connectivity index (χ2n) is 2.51. The quantitative estimate of drug-likeness (QED) is 0.602. The molecule has 0 saturated heterocycles. The zero-order chi connectivity index (χ0) is 9.61. The lowest BCUT2D eigenvalue weighted by molar-refractivity contribution is 0.0940. The van der Waals surface area contributed by atoms with E-state index in [-0.39, 0.29) is 6.61 Å². The topological polar surface area (TPSA) is 83.8 Å². The molecule has 0 aliphatic heterocycles. The molecule has 0 amide bonds. The number of rotatable bonds is 6. The SMILES string of the molecule is CCCCC(O)COS(=O)(=O)O. The summed E-state index contributed by atoms with van der Waals surface area (Å²) in [6, 6.07) is 0. The molecule has 0 aliphatic carbocycles. The lowest BCUT2D eigenvalue weighted by Gasteiger charge is -2.07. The minimum absolute atomic E-state index is 0.376. The minimum atomic E-state index is -4.40. The molecule has 0 radical (unpaired) electrons. The number of aliphatic hydroxyl groups is 1. The number of hydrogen-bond donors (Lipinski definition) is 2. The van der Waals surface area contributed by atoms with E-state index in [0.717, 1.165) is 12.8 Å². The Morgan fingerprint density at radius 2 is 2.08 bits per heavy atom. The van der Waals surface area contributed by atoms with Gasteiger partial charge in [0.2, 0.25) is 0 Å². The van der Waals surface area contributed by atoms with E-state index in [2.05, 4.69) is 4.18 Å². The first kappa shape index (κ1) is 11.8. The average molecular weight is 198 g/mol. The third kappa shape index (κ3) is 7.93. The molecule has 0 heterocycles. The number of aliphatic hydroxyl groups excluding tert-OH is 1. The van der Waals surface area contributed by atoms with E-state index < -0.39 is 16.5 Å². The first-order valence-electron chi connectivity index (χ1n) is 3.75. The lowest BCUT2D eigenvalue weighted by Crippen LogP contribution is -2.18. The molecular weight excluding hydrogens is 184 g/mol. The van der Waals surface area contributed by atoms with E-state index in [0.29, 0.717) is 6.42 Å². The summed E-state index contributed by atoms with van der Waals surface area (Å²) in [5.41, 5.74) is 0. The zero-order valence-electron chi connectivity index (χ0n) is 6.93. The lowest BCUT2D eigenvalue weighted by atomic mass is 10.2.